The van der Waals surface area contributed by atoms with Gasteiger partial charge in [-0.05, 0) is 45.9 Å². The Morgan fingerprint density at radius 1 is 1.25 bits per heavy atom. The van der Waals surface area contributed by atoms with Crippen molar-refractivity contribution in [3.8, 4) is 0 Å². The topological polar surface area (TPSA) is 49.3 Å². The average molecular weight is 434 g/mol. The first-order chi connectivity index (χ1) is 10.7. The van der Waals surface area contributed by atoms with Crippen LogP contribution in [0.4, 0.5) is 17.6 Å². The third-order valence-corrected chi connectivity index (χ3v) is 5.62. The minimum Gasteiger partial charge on any atom is -0.384 e. The van der Waals surface area contributed by atoms with Crippen molar-refractivity contribution in [2.45, 2.75) is 56.7 Å². The van der Waals surface area contributed by atoms with Gasteiger partial charge in [-0.1, -0.05) is 15.9 Å². The molecule has 0 amide bonds. The minimum absolute atomic E-state index is 0.113. The monoisotopic (exact) mass is 433 g/mol. The maximum absolute atomic E-state index is 14.2. The fourth-order valence-corrected chi connectivity index (χ4v) is 3.26. The molecule has 0 heterocycles. The summed E-state index contributed by atoms with van der Waals surface area (Å²) in [5.41, 5.74) is -1.81. The lowest BCUT2D eigenvalue weighted by Gasteiger charge is -2.36. The van der Waals surface area contributed by atoms with Gasteiger partial charge in [0.15, 0.2) is 6.10 Å². The van der Waals surface area contributed by atoms with E-state index in [-0.39, 0.29) is 5.56 Å². The summed E-state index contributed by atoms with van der Waals surface area (Å²) in [6, 6.07) is 3.81. The average Bonchev–Trinajstić information content (AvgIpc) is 2.39. The van der Waals surface area contributed by atoms with Crippen LogP contribution in [0, 0.1) is 5.82 Å². The zero-order valence-corrected chi connectivity index (χ0v) is 16.1. The summed E-state index contributed by atoms with van der Waals surface area (Å²) in [4.78, 5) is 0. The summed E-state index contributed by atoms with van der Waals surface area (Å²) in [6.45, 7) is 6.19. The third-order valence-electron chi connectivity index (χ3n) is 3.38. The largest absolute Gasteiger partial charge is 0.414 e. The zero-order valence-electron chi connectivity index (χ0n) is 13.7. The molecule has 138 valence electrons. The SMILES string of the molecule is CC(C)(C)S(=O)N[C@@](C)(C[C@@H](O)C(F)(F)F)c1cc(Br)ccc1F. The van der Waals surface area contributed by atoms with Crippen LogP contribution in [0.3, 0.4) is 0 Å². The Bertz CT molecular complexity index is 618. The quantitative estimate of drug-likeness (QED) is 0.684. The molecular formula is C15H20BrF4NO2S. The molecule has 1 aromatic rings. The van der Waals surface area contributed by atoms with Crippen LogP contribution in [0.15, 0.2) is 22.7 Å². The molecule has 0 aliphatic heterocycles. The molecule has 3 nitrogen and oxygen atoms in total. The second-order valence-electron chi connectivity index (χ2n) is 6.70. The molecule has 0 fully saturated rings. The van der Waals surface area contributed by atoms with Crippen molar-refractivity contribution in [3.05, 3.63) is 34.1 Å². The lowest BCUT2D eigenvalue weighted by atomic mass is 9.87. The lowest BCUT2D eigenvalue weighted by Crippen LogP contribution is -2.50. The van der Waals surface area contributed by atoms with Crippen LogP contribution in [0.2, 0.25) is 0 Å². The van der Waals surface area contributed by atoms with Crippen molar-refractivity contribution in [3.63, 3.8) is 0 Å². The summed E-state index contributed by atoms with van der Waals surface area (Å²) in [6.07, 6.45) is -8.44. The van der Waals surface area contributed by atoms with E-state index in [0.29, 0.717) is 4.47 Å². The number of aliphatic hydroxyl groups excluding tert-OH is 1. The van der Waals surface area contributed by atoms with Gasteiger partial charge in [-0.25, -0.2) is 13.3 Å². The Morgan fingerprint density at radius 2 is 1.79 bits per heavy atom. The molecule has 24 heavy (non-hydrogen) atoms. The summed E-state index contributed by atoms with van der Waals surface area (Å²) in [7, 11) is -1.78. The van der Waals surface area contributed by atoms with Crippen molar-refractivity contribution >= 4 is 26.9 Å². The first-order valence-corrected chi connectivity index (χ1v) is 9.01. The van der Waals surface area contributed by atoms with Crippen LogP contribution in [-0.4, -0.2) is 26.3 Å². The van der Waals surface area contributed by atoms with E-state index >= 15 is 0 Å². The number of nitrogens with one attached hydrogen (secondary N) is 1. The van der Waals surface area contributed by atoms with Gasteiger partial charge in [-0.3, -0.25) is 0 Å². The number of rotatable bonds is 5. The highest BCUT2D eigenvalue weighted by Crippen LogP contribution is 2.36. The second-order valence-corrected chi connectivity index (χ2v) is 9.58. The molecule has 0 bridgehead atoms. The summed E-state index contributed by atoms with van der Waals surface area (Å²) < 4.78 is 67.2. The van der Waals surface area contributed by atoms with E-state index in [4.69, 9.17) is 0 Å². The molecule has 0 aromatic heterocycles. The highest BCUT2D eigenvalue weighted by atomic mass is 79.9. The summed E-state index contributed by atoms with van der Waals surface area (Å²) >= 11 is 3.15. The van der Waals surface area contributed by atoms with E-state index in [2.05, 4.69) is 20.7 Å². The number of halogens is 5. The van der Waals surface area contributed by atoms with Crippen molar-refractivity contribution in [1.82, 2.24) is 4.72 Å². The molecule has 1 unspecified atom stereocenters. The number of benzene rings is 1. The van der Waals surface area contributed by atoms with Gasteiger partial charge in [0.05, 0.1) is 21.3 Å². The Kier molecular flexibility index (Phi) is 6.63. The molecule has 1 rings (SSSR count). The Labute approximate surface area is 149 Å². The van der Waals surface area contributed by atoms with E-state index < -0.39 is 45.8 Å². The van der Waals surface area contributed by atoms with Crippen LogP contribution >= 0.6 is 15.9 Å². The number of alkyl halides is 3. The Balaban J connectivity index is 3.35. The molecule has 0 saturated heterocycles. The van der Waals surface area contributed by atoms with Gasteiger partial charge in [0, 0.05) is 16.5 Å². The molecular weight excluding hydrogens is 414 g/mol. The molecule has 9 heteroatoms. The van der Waals surface area contributed by atoms with Gasteiger partial charge in [-0.15, -0.1) is 0 Å². The van der Waals surface area contributed by atoms with Crippen molar-refractivity contribution in [2.24, 2.45) is 0 Å². The van der Waals surface area contributed by atoms with Crippen LogP contribution in [0.5, 0.6) is 0 Å². The van der Waals surface area contributed by atoms with Crippen LogP contribution in [-0.2, 0) is 16.5 Å². The first-order valence-electron chi connectivity index (χ1n) is 7.07. The van der Waals surface area contributed by atoms with Crippen LogP contribution in [0.25, 0.3) is 0 Å². The van der Waals surface area contributed by atoms with E-state index in [0.717, 1.165) is 6.07 Å². The normalized spacial score (nSPS) is 18.1. The number of hydrogen-bond acceptors (Lipinski definition) is 2. The molecule has 2 N–H and O–H groups in total. The third kappa shape index (κ3) is 5.50. The van der Waals surface area contributed by atoms with E-state index in [1.165, 1.54) is 19.1 Å². The Morgan fingerprint density at radius 3 is 2.25 bits per heavy atom. The number of aliphatic hydroxyl groups is 1. The predicted octanol–water partition coefficient (Wildman–Crippen LogP) is 4.17. The molecule has 0 aliphatic rings. The van der Waals surface area contributed by atoms with E-state index in [1.807, 2.05) is 0 Å². The van der Waals surface area contributed by atoms with Gasteiger partial charge in [0.2, 0.25) is 0 Å². The van der Waals surface area contributed by atoms with Gasteiger partial charge in [-0.2, -0.15) is 13.2 Å². The fourth-order valence-electron chi connectivity index (χ4n) is 1.99. The van der Waals surface area contributed by atoms with Crippen molar-refractivity contribution in [1.29, 1.82) is 0 Å². The molecule has 3 atom stereocenters. The van der Waals surface area contributed by atoms with Crippen molar-refractivity contribution < 1.29 is 26.9 Å². The molecule has 0 spiro atoms. The summed E-state index contributed by atoms with van der Waals surface area (Å²) in [5.74, 6) is -0.756. The predicted molar refractivity (Wildman–Crippen MR) is 89.2 cm³/mol. The van der Waals surface area contributed by atoms with E-state index in [9.17, 15) is 26.9 Å². The van der Waals surface area contributed by atoms with E-state index in [1.54, 1.807) is 20.8 Å². The Hall–Kier alpha value is -0.510. The summed E-state index contributed by atoms with van der Waals surface area (Å²) in [5, 5.41) is 9.46. The highest BCUT2D eigenvalue weighted by molar-refractivity contribution is 9.10. The van der Waals surface area contributed by atoms with Crippen LogP contribution in [0.1, 0.15) is 39.7 Å². The molecule has 0 saturated carbocycles. The first kappa shape index (κ1) is 21.5. The molecule has 0 aliphatic carbocycles. The van der Waals surface area contributed by atoms with Gasteiger partial charge in [0.1, 0.15) is 5.82 Å². The maximum Gasteiger partial charge on any atom is 0.414 e. The lowest BCUT2D eigenvalue weighted by molar-refractivity contribution is -0.209. The van der Waals surface area contributed by atoms with Gasteiger partial charge >= 0.3 is 6.18 Å². The van der Waals surface area contributed by atoms with Gasteiger partial charge < -0.3 is 5.11 Å². The molecule has 0 radical (unpaired) electrons. The van der Waals surface area contributed by atoms with Crippen LogP contribution < -0.4 is 4.72 Å². The highest BCUT2D eigenvalue weighted by Gasteiger charge is 2.45. The molecule has 1 aromatic carbocycles. The smallest absolute Gasteiger partial charge is 0.384 e. The fraction of sp³-hybridized carbons (Fsp3) is 0.600. The van der Waals surface area contributed by atoms with Gasteiger partial charge in [0.25, 0.3) is 0 Å². The minimum atomic E-state index is -4.87. The zero-order chi connectivity index (χ0) is 18.9. The maximum atomic E-state index is 14.2. The standard InChI is InChI=1S/C15H20BrF4NO2S/c1-13(2,3)24(23)21-14(4,8-12(22)15(18,19)20)10-7-9(16)5-6-11(10)17/h5-7,12,21-22H,8H2,1-4H3/t12-,14+,24?/m1/s1. The second kappa shape index (κ2) is 7.39. The van der Waals surface area contributed by atoms with Crippen molar-refractivity contribution in [2.75, 3.05) is 0 Å². The number of hydrogen-bond donors (Lipinski definition) is 2.